The van der Waals surface area contributed by atoms with E-state index in [0.29, 0.717) is 23.8 Å². The Bertz CT molecular complexity index is 642. The van der Waals surface area contributed by atoms with Crippen molar-refractivity contribution in [2.75, 3.05) is 17.2 Å². The van der Waals surface area contributed by atoms with Gasteiger partial charge in [0.1, 0.15) is 0 Å². The number of ether oxygens (including phenoxy) is 1. The lowest BCUT2D eigenvalue weighted by atomic mass is 10.1. The maximum Gasteiger partial charge on any atom is 0.338 e. The molecule has 0 fully saturated rings. The van der Waals surface area contributed by atoms with Gasteiger partial charge in [-0.15, -0.1) is 0 Å². The van der Waals surface area contributed by atoms with Crippen molar-refractivity contribution in [3.05, 3.63) is 36.2 Å². The highest BCUT2D eigenvalue weighted by atomic mass is 16.5. The molecule has 6 nitrogen and oxygen atoms in total. The summed E-state index contributed by atoms with van der Waals surface area (Å²) < 4.78 is 4.97. The monoisotopic (exact) mass is 256 g/mol. The lowest BCUT2D eigenvalue weighted by molar-refractivity contribution is 0.0526. The summed E-state index contributed by atoms with van der Waals surface area (Å²) >= 11 is 0. The number of aromatic nitrogens is 2. The van der Waals surface area contributed by atoms with Crippen LogP contribution in [-0.4, -0.2) is 22.5 Å². The van der Waals surface area contributed by atoms with Crippen molar-refractivity contribution in [2.45, 2.75) is 6.92 Å². The number of carbonyl (C=O) groups excluding carboxylic acids is 1. The molecule has 0 spiro atoms. The molecule has 0 aliphatic carbocycles. The summed E-state index contributed by atoms with van der Waals surface area (Å²) in [7, 11) is 0. The number of esters is 1. The quantitative estimate of drug-likeness (QED) is 0.686. The van der Waals surface area contributed by atoms with Gasteiger partial charge >= 0.3 is 5.97 Å². The van der Waals surface area contributed by atoms with Gasteiger partial charge in [-0.3, -0.25) is 0 Å². The summed E-state index contributed by atoms with van der Waals surface area (Å²) in [6.07, 6.45) is 3.22. The van der Waals surface area contributed by atoms with Gasteiger partial charge in [-0.2, -0.15) is 0 Å². The van der Waals surface area contributed by atoms with E-state index in [9.17, 15) is 4.79 Å². The van der Waals surface area contributed by atoms with Gasteiger partial charge < -0.3 is 15.4 Å². The zero-order valence-electron chi connectivity index (χ0n) is 10.3. The second-order valence-corrected chi connectivity index (χ2v) is 3.98. The molecule has 0 saturated carbocycles. The molecule has 0 bridgehead atoms. The number of nitrogens with zero attached hydrogens (tertiary/aromatic N) is 2. The van der Waals surface area contributed by atoms with Gasteiger partial charge in [0.2, 0.25) is 0 Å². The molecular formula is C13H12N4O2. The van der Waals surface area contributed by atoms with Gasteiger partial charge in [0, 0.05) is 12.4 Å². The van der Waals surface area contributed by atoms with Gasteiger partial charge in [-0.25, -0.2) is 14.8 Å². The Morgan fingerprint density at radius 1 is 1.16 bits per heavy atom. The van der Waals surface area contributed by atoms with Gasteiger partial charge in [0.05, 0.1) is 23.5 Å². The van der Waals surface area contributed by atoms with Crippen molar-refractivity contribution in [3.8, 4) is 0 Å². The van der Waals surface area contributed by atoms with Crippen LogP contribution in [0.25, 0.3) is 0 Å². The summed E-state index contributed by atoms with van der Waals surface area (Å²) in [5, 5.41) is 6.28. The molecule has 19 heavy (non-hydrogen) atoms. The van der Waals surface area contributed by atoms with Crippen LogP contribution in [0.15, 0.2) is 30.6 Å². The average molecular weight is 256 g/mol. The topological polar surface area (TPSA) is 76.1 Å². The fourth-order valence-electron chi connectivity index (χ4n) is 1.87. The number of nitrogens with one attached hydrogen (secondary N) is 2. The normalized spacial score (nSPS) is 11.6. The third-order valence-corrected chi connectivity index (χ3v) is 2.74. The standard InChI is InChI=1S/C13H12N4O2/c1-2-19-13(18)8-3-4-9-10(7-8)17-12-11(16-9)14-5-6-15-12/h3-7H,2H2,1H3,(H,14,16)(H,15,17). The Balaban J connectivity index is 1.94. The predicted octanol–water partition coefficient (Wildman–Crippen LogP) is 2.45. The first-order chi connectivity index (χ1) is 9.28. The van der Waals surface area contributed by atoms with Gasteiger partial charge in [0.15, 0.2) is 11.6 Å². The fraction of sp³-hybridized carbons (Fsp3) is 0.154. The summed E-state index contributed by atoms with van der Waals surface area (Å²) in [5.74, 6) is 0.965. The SMILES string of the molecule is CCOC(=O)c1ccc2c(c1)Nc1nccnc1N2. The van der Waals surface area contributed by atoms with E-state index < -0.39 is 0 Å². The Morgan fingerprint density at radius 2 is 1.84 bits per heavy atom. The molecule has 1 aromatic heterocycles. The van der Waals surface area contributed by atoms with Crippen LogP contribution in [0.2, 0.25) is 0 Å². The van der Waals surface area contributed by atoms with Crippen molar-refractivity contribution >= 4 is 29.0 Å². The minimum Gasteiger partial charge on any atom is -0.462 e. The zero-order chi connectivity index (χ0) is 13.2. The first kappa shape index (κ1) is 11.5. The van der Waals surface area contributed by atoms with Crippen LogP contribution in [0.5, 0.6) is 0 Å². The number of anilines is 4. The number of hydrogen-bond acceptors (Lipinski definition) is 6. The summed E-state index contributed by atoms with van der Waals surface area (Å²) in [5.41, 5.74) is 2.13. The van der Waals surface area contributed by atoms with E-state index in [1.54, 1.807) is 31.5 Å². The molecule has 2 aromatic rings. The molecular weight excluding hydrogens is 244 g/mol. The highest BCUT2D eigenvalue weighted by Crippen LogP contribution is 2.36. The van der Waals surface area contributed by atoms with Crippen LogP contribution >= 0.6 is 0 Å². The molecule has 3 rings (SSSR count). The second-order valence-electron chi connectivity index (χ2n) is 3.98. The van der Waals surface area contributed by atoms with Gasteiger partial charge in [-0.05, 0) is 25.1 Å². The van der Waals surface area contributed by atoms with Crippen LogP contribution < -0.4 is 10.6 Å². The van der Waals surface area contributed by atoms with E-state index in [-0.39, 0.29) is 5.97 Å². The van der Waals surface area contributed by atoms with E-state index in [1.165, 1.54) is 0 Å². The third-order valence-electron chi connectivity index (χ3n) is 2.74. The molecule has 6 heteroatoms. The summed E-state index contributed by atoms with van der Waals surface area (Å²) in [6, 6.07) is 5.26. The minimum atomic E-state index is -0.336. The third kappa shape index (κ3) is 2.08. The van der Waals surface area contributed by atoms with E-state index >= 15 is 0 Å². The Morgan fingerprint density at radius 3 is 2.53 bits per heavy atom. The fourth-order valence-corrected chi connectivity index (χ4v) is 1.87. The van der Waals surface area contributed by atoms with Crippen molar-refractivity contribution < 1.29 is 9.53 Å². The Labute approximate surface area is 109 Å². The zero-order valence-corrected chi connectivity index (χ0v) is 10.3. The molecule has 2 heterocycles. The summed E-state index contributed by atoms with van der Waals surface area (Å²) in [6.45, 7) is 2.14. The van der Waals surface area contributed by atoms with Crippen LogP contribution in [0, 0.1) is 0 Å². The average Bonchev–Trinajstić information content (AvgIpc) is 2.44. The molecule has 0 atom stereocenters. The van der Waals surface area contributed by atoms with Crippen LogP contribution in [0.1, 0.15) is 17.3 Å². The maximum atomic E-state index is 11.7. The lowest BCUT2D eigenvalue weighted by Gasteiger charge is -2.21. The largest absolute Gasteiger partial charge is 0.462 e. The molecule has 0 amide bonds. The van der Waals surface area contributed by atoms with Gasteiger partial charge in [-0.1, -0.05) is 0 Å². The molecule has 0 radical (unpaired) electrons. The highest BCUT2D eigenvalue weighted by Gasteiger charge is 2.17. The molecule has 0 unspecified atom stereocenters. The van der Waals surface area contributed by atoms with E-state index in [0.717, 1.165) is 11.4 Å². The van der Waals surface area contributed by atoms with Gasteiger partial charge in [0.25, 0.3) is 0 Å². The molecule has 1 aromatic carbocycles. The van der Waals surface area contributed by atoms with Crippen molar-refractivity contribution in [1.82, 2.24) is 9.97 Å². The van der Waals surface area contributed by atoms with Crippen LogP contribution in [-0.2, 0) is 4.74 Å². The Hall–Kier alpha value is -2.63. The second kappa shape index (κ2) is 4.56. The number of hydrogen-bond donors (Lipinski definition) is 2. The minimum absolute atomic E-state index is 0.336. The summed E-state index contributed by atoms with van der Waals surface area (Å²) in [4.78, 5) is 20.0. The van der Waals surface area contributed by atoms with Crippen LogP contribution in [0.4, 0.5) is 23.0 Å². The van der Waals surface area contributed by atoms with Crippen molar-refractivity contribution in [1.29, 1.82) is 0 Å². The number of rotatable bonds is 2. The van der Waals surface area contributed by atoms with Crippen molar-refractivity contribution in [3.63, 3.8) is 0 Å². The first-order valence-electron chi connectivity index (χ1n) is 5.94. The highest BCUT2D eigenvalue weighted by molar-refractivity contribution is 5.95. The smallest absolute Gasteiger partial charge is 0.338 e. The number of benzene rings is 1. The number of fused-ring (bicyclic) bond motifs is 2. The maximum absolute atomic E-state index is 11.7. The van der Waals surface area contributed by atoms with E-state index in [4.69, 9.17) is 4.74 Å². The lowest BCUT2D eigenvalue weighted by Crippen LogP contribution is -2.11. The molecule has 1 aliphatic heterocycles. The molecule has 2 N–H and O–H groups in total. The molecule has 0 saturated heterocycles. The van der Waals surface area contributed by atoms with Crippen LogP contribution in [0.3, 0.4) is 0 Å². The molecule has 96 valence electrons. The van der Waals surface area contributed by atoms with Crippen molar-refractivity contribution in [2.24, 2.45) is 0 Å². The molecule has 1 aliphatic rings. The predicted molar refractivity (Wildman–Crippen MR) is 71.0 cm³/mol. The van der Waals surface area contributed by atoms with E-state index in [1.807, 2.05) is 6.07 Å². The Kier molecular flexibility index (Phi) is 2.75. The number of carbonyl (C=O) groups is 1. The van der Waals surface area contributed by atoms with E-state index in [2.05, 4.69) is 20.6 Å². The first-order valence-corrected chi connectivity index (χ1v) is 5.94.